The predicted octanol–water partition coefficient (Wildman–Crippen LogP) is 3.52. The maximum Gasteiger partial charge on any atom is 0.320 e. The number of nitrogens with zero attached hydrogens (tertiary/aromatic N) is 2. The molecule has 8 heteroatoms. The van der Waals surface area contributed by atoms with E-state index in [-0.39, 0.29) is 5.69 Å². The number of nitro benzene ring substituents is 1. The molecule has 2 aromatic rings. The summed E-state index contributed by atoms with van der Waals surface area (Å²) in [5.41, 5.74) is 0.679. The van der Waals surface area contributed by atoms with Crippen LogP contribution in [-0.4, -0.2) is 34.0 Å². The van der Waals surface area contributed by atoms with Crippen LogP contribution in [-0.2, 0) is 11.3 Å². The van der Waals surface area contributed by atoms with Crippen molar-refractivity contribution in [1.82, 2.24) is 4.90 Å². The third-order valence-electron chi connectivity index (χ3n) is 3.51. The highest BCUT2D eigenvalue weighted by Crippen LogP contribution is 2.32. The number of halogens is 1. The number of nitro groups is 1. The molecule has 7 nitrogen and oxygen atoms in total. The van der Waals surface area contributed by atoms with Gasteiger partial charge in [-0.25, -0.2) is 0 Å². The SMILES string of the molecule is CC(C(=O)O)N(C)Cc1ccc(-c2ccc([N+](=O)[O-])cc2Br)o1. The van der Waals surface area contributed by atoms with Crippen molar-refractivity contribution in [2.24, 2.45) is 0 Å². The van der Waals surface area contributed by atoms with Crippen LogP contribution in [0.4, 0.5) is 5.69 Å². The Morgan fingerprint density at radius 2 is 2.13 bits per heavy atom. The molecule has 1 aromatic heterocycles. The normalized spacial score (nSPS) is 12.3. The van der Waals surface area contributed by atoms with Crippen molar-refractivity contribution < 1.29 is 19.2 Å². The molecule has 0 bridgehead atoms. The van der Waals surface area contributed by atoms with Gasteiger partial charge in [0.2, 0.25) is 0 Å². The molecule has 0 aliphatic carbocycles. The fraction of sp³-hybridized carbons (Fsp3) is 0.267. The van der Waals surface area contributed by atoms with Gasteiger partial charge in [0.15, 0.2) is 0 Å². The Hall–Kier alpha value is -2.19. The lowest BCUT2D eigenvalue weighted by molar-refractivity contribution is -0.384. The number of carboxylic acid groups (broad SMARTS) is 1. The van der Waals surface area contributed by atoms with Gasteiger partial charge < -0.3 is 9.52 Å². The zero-order chi connectivity index (χ0) is 17.1. The number of furan rings is 1. The molecular weight excluding hydrogens is 368 g/mol. The first-order valence-electron chi connectivity index (χ1n) is 6.75. The van der Waals surface area contributed by atoms with Crippen LogP contribution < -0.4 is 0 Å². The van der Waals surface area contributed by atoms with Crippen LogP contribution in [0.5, 0.6) is 0 Å². The van der Waals surface area contributed by atoms with Crippen LogP contribution in [0.1, 0.15) is 12.7 Å². The second-order valence-electron chi connectivity index (χ2n) is 5.12. The predicted molar refractivity (Wildman–Crippen MR) is 87.1 cm³/mol. The van der Waals surface area contributed by atoms with Crippen LogP contribution in [0.3, 0.4) is 0 Å². The Labute approximate surface area is 140 Å². The lowest BCUT2D eigenvalue weighted by Gasteiger charge is -2.19. The lowest BCUT2D eigenvalue weighted by atomic mass is 10.1. The first-order chi connectivity index (χ1) is 10.8. The van der Waals surface area contributed by atoms with Crippen LogP contribution >= 0.6 is 15.9 Å². The maximum atomic E-state index is 11.0. The molecule has 0 saturated heterocycles. The van der Waals surface area contributed by atoms with Crippen molar-refractivity contribution in [1.29, 1.82) is 0 Å². The molecule has 23 heavy (non-hydrogen) atoms. The second kappa shape index (κ2) is 6.93. The number of rotatable bonds is 6. The van der Waals surface area contributed by atoms with Crippen molar-refractivity contribution >= 4 is 27.6 Å². The van der Waals surface area contributed by atoms with Crippen LogP contribution in [0.25, 0.3) is 11.3 Å². The molecule has 122 valence electrons. The molecule has 0 fully saturated rings. The van der Waals surface area contributed by atoms with E-state index >= 15 is 0 Å². The Morgan fingerprint density at radius 3 is 2.70 bits per heavy atom. The molecule has 0 saturated carbocycles. The van der Waals surface area contributed by atoms with E-state index in [1.54, 1.807) is 37.1 Å². The highest BCUT2D eigenvalue weighted by molar-refractivity contribution is 9.10. The van der Waals surface area contributed by atoms with E-state index in [1.807, 2.05) is 0 Å². The van der Waals surface area contributed by atoms with Crippen LogP contribution in [0.15, 0.2) is 39.2 Å². The van der Waals surface area contributed by atoms with Crippen molar-refractivity contribution in [2.45, 2.75) is 19.5 Å². The van der Waals surface area contributed by atoms with Crippen molar-refractivity contribution in [3.8, 4) is 11.3 Å². The van der Waals surface area contributed by atoms with Gasteiger partial charge in [-0.2, -0.15) is 0 Å². The molecule has 2 rings (SSSR count). The van der Waals surface area contributed by atoms with Gasteiger partial charge >= 0.3 is 5.97 Å². The molecule has 0 amide bonds. The Bertz CT molecular complexity index is 743. The largest absolute Gasteiger partial charge is 0.480 e. The van der Waals surface area contributed by atoms with E-state index in [4.69, 9.17) is 9.52 Å². The number of aliphatic carboxylic acids is 1. The minimum absolute atomic E-state index is 0.0116. The van der Waals surface area contributed by atoms with Gasteiger partial charge in [0.1, 0.15) is 17.6 Å². The zero-order valence-corrected chi connectivity index (χ0v) is 14.1. The van der Waals surface area contributed by atoms with Gasteiger partial charge in [0, 0.05) is 22.2 Å². The summed E-state index contributed by atoms with van der Waals surface area (Å²) in [7, 11) is 1.70. The highest BCUT2D eigenvalue weighted by atomic mass is 79.9. The molecule has 1 atom stereocenters. The molecule has 1 aromatic carbocycles. The molecule has 0 radical (unpaired) electrons. The topological polar surface area (TPSA) is 96.8 Å². The summed E-state index contributed by atoms with van der Waals surface area (Å²) in [4.78, 5) is 22.9. The van der Waals surface area contributed by atoms with Gasteiger partial charge in [0.25, 0.3) is 5.69 Å². The van der Waals surface area contributed by atoms with E-state index in [1.165, 1.54) is 12.1 Å². The number of carbonyl (C=O) groups is 1. The fourth-order valence-corrected chi connectivity index (χ4v) is 2.56. The van der Waals surface area contributed by atoms with Gasteiger partial charge in [-0.05, 0) is 48.1 Å². The molecule has 1 N–H and O–H groups in total. The zero-order valence-electron chi connectivity index (χ0n) is 12.5. The standard InChI is InChI=1S/C15H15BrN2O5/c1-9(15(19)20)17(2)8-11-4-6-14(23-11)12-5-3-10(18(21)22)7-13(12)16/h3-7,9H,8H2,1-2H3,(H,19,20). The molecule has 1 unspecified atom stereocenters. The van der Waals surface area contributed by atoms with Crippen molar-refractivity contribution in [2.75, 3.05) is 7.05 Å². The Balaban J connectivity index is 2.19. The number of hydrogen-bond donors (Lipinski definition) is 1. The third-order valence-corrected chi connectivity index (χ3v) is 4.17. The number of likely N-dealkylation sites (N-methyl/N-ethyl adjacent to an activating group) is 1. The monoisotopic (exact) mass is 382 g/mol. The minimum atomic E-state index is -0.905. The highest BCUT2D eigenvalue weighted by Gasteiger charge is 2.19. The summed E-state index contributed by atoms with van der Waals surface area (Å²) in [5.74, 6) is 0.261. The van der Waals surface area contributed by atoms with E-state index in [2.05, 4.69) is 15.9 Å². The van der Waals surface area contributed by atoms with Gasteiger partial charge in [0.05, 0.1) is 11.5 Å². The van der Waals surface area contributed by atoms with Crippen LogP contribution in [0, 0.1) is 10.1 Å². The van der Waals surface area contributed by atoms with Gasteiger partial charge in [-0.15, -0.1) is 0 Å². The summed E-state index contributed by atoms with van der Waals surface area (Å²) in [6.45, 7) is 1.94. The van der Waals surface area contributed by atoms with E-state index in [0.29, 0.717) is 28.1 Å². The third kappa shape index (κ3) is 3.96. The Kier molecular flexibility index (Phi) is 5.17. The van der Waals surface area contributed by atoms with Crippen molar-refractivity contribution in [3.05, 3.63) is 50.7 Å². The molecule has 0 aliphatic rings. The van der Waals surface area contributed by atoms with E-state index < -0.39 is 16.9 Å². The van der Waals surface area contributed by atoms with E-state index in [0.717, 1.165) is 0 Å². The average Bonchev–Trinajstić information content (AvgIpc) is 2.94. The average molecular weight is 383 g/mol. The van der Waals surface area contributed by atoms with Gasteiger partial charge in [-0.1, -0.05) is 0 Å². The number of benzene rings is 1. The summed E-state index contributed by atoms with van der Waals surface area (Å²) in [6, 6.07) is 7.30. The first kappa shape index (κ1) is 17.2. The fourth-order valence-electron chi connectivity index (χ4n) is 2.00. The second-order valence-corrected chi connectivity index (χ2v) is 5.97. The lowest BCUT2D eigenvalue weighted by Crippen LogP contribution is -2.35. The van der Waals surface area contributed by atoms with Crippen LogP contribution in [0.2, 0.25) is 0 Å². The molecule has 0 spiro atoms. The maximum absolute atomic E-state index is 11.0. The number of hydrogen-bond acceptors (Lipinski definition) is 5. The smallest absolute Gasteiger partial charge is 0.320 e. The summed E-state index contributed by atoms with van der Waals surface area (Å²) >= 11 is 3.30. The summed E-state index contributed by atoms with van der Waals surface area (Å²) in [6.07, 6.45) is 0. The van der Waals surface area contributed by atoms with Crippen molar-refractivity contribution in [3.63, 3.8) is 0 Å². The van der Waals surface area contributed by atoms with E-state index in [9.17, 15) is 14.9 Å². The molecule has 1 heterocycles. The number of carboxylic acids is 1. The quantitative estimate of drug-likeness (QED) is 0.606. The number of non-ortho nitro benzene ring substituents is 1. The minimum Gasteiger partial charge on any atom is -0.480 e. The first-order valence-corrected chi connectivity index (χ1v) is 7.55. The molecule has 0 aliphatic heterocycles. The summed E-state index contributed by atoms with van der Waals surface area (Å²) in [5, 5.41) is 19.7. The summed E-state index contributed by atoms with van der Waals surface area (Å²) < 4.78 is 6.27. The van der Waals surface area contributed by atoms with Gasteiger partial charge in [-0.3, -0.25) is 19.8 Å². The Morgan fingerprint density at radius 1 is 1.43 bits per heavy atom. The molecular formula is C15H15BrN2O5.